The minimum absolute atomic E-state index is 0.0806. The Balaban J connectivity index is 2.62. The third kappa shape index (κ3) is 4.06. The topological polar surface area (TPSA) is 58.6 Å². The summed E-state index contributed by atoms with van der Waals surface area (Å²) in [4.78, 5) is 16.1. The van der Waals surface area contributed by atoms with Crippen molar-refractivity contribution < 1.29 is 14.7 Å². The summed E-state index contributed by atoms with van der Waals surface area (Å²) >= 11 is 5.48. The summed E-state index contributed by atoms with van der Waals surface area (Å²) in [5.41, 5.74) is 2.72. The van der Waals surface area contributed by atoms with Crippen LogP contribution in [0.2, 0.25) is 0 Å². The highest BCUT2D eigenvalue weighted by Gasteiger charge is 2.06. The van der Waals surface area contributed by atoms with Crippen molar-refractivity contribution in [3.63, 3.8) is 0 Å². The standard InChI is InChI=1S/C9H9BrINO3/c10-7-5-6(1-2-8(7)11)9(14)12-15-4-3-13/h1-2,5,13H,3-4H2,(H,12,14). The van der Waals surface area contributed by atoms with Crippen molar-refractivity contribution >= 4 is 44.4 Å². The molecule has 0 spiro atoms. The molecule has 0 unspecified atom stereocenters. The van der Waals surface area contributed by atoms with Crippen LogP contribution >= 0.6 is 38.5 Å². The number of nitrogens with one attached hydrogen (secondary N) is 1. The number of hydroxylamine groups is 1. The molecule has 1 rings (SSSR count). The fourth-order valence-corrected chi connectivity index (χ4v) is 1.57. The maximum absolute atomic E-state index is 11.4. The molecule has 0 heterocycles. The Morgan fingerprint density at radius 3 is 2.93 bits per heavy atom. The summed E-state index contributed by atoms with van der Waals surface area (Å²) in [6.07, 6.45) is 0. The quantitative estimate of drug-likeness (QED) is 0.471. The first-order chi connectivity index (χ1) is 7.15. The van der Waals surface area contributed by atoms with Gasteiger partial charge in [-0.3, -0.25) is 9.63 Å². The van der Waals surface area contributed by atoms with Gasteiger partial charge in [-0.25, -0.2) is 5.48 Å². The lowest BCUT2D eigenvalue weighted by Crippen LogP contribution is -2.25. The van der Waals surface area contributed by atoms with Crippen molar-refractivity contribution in [3.05, 3.63) is 31.8 Å². The fraction of sp³-hybridized carbons (Fsp3) is 0.222. The second-order valence-corrected chi connectivity index (χ2v) is 4.65. The van der Waals surface area contributed by atoms with Crippen molar-refractivity contribution in [2.45, 2.75) is 0 Å². The molecule has 1 amide bonds. The van der Waals surface area contributed by atoms with Crippen LogP contribution in [0, 0.1) is 3.57 Å². The van der Waals surface area contributed by atoms with Crippen LogP contribution in [0.5, 0.6) is 0 Å². The number of rotatable bonds is 4. The Kier molecular flexibility index (Phi) is 5.51. The van der Waals surface area contributed by atoms with Crippen molar-refractivity contribution in [2.75, 3.05) is 13.2 Å². The number of aliphatic hydroxyl groups is 1. The lowest BCUT2D eigenvalue weighted by atomic mass is 10.2. The molecule has 0 aliphatic rings. The minimum atomic E-state index is -0.333. The Bertz CT molecular complexity index is 359. The number of amides is 1. The van der Waals surface area contributed by atoms with Crippen molar-refractivity contribution in [3.8, 4) is 0 Å². The predicted octanol–water partition coefficient (Wildman–Crippen LogP) is 1.71. The molecule has 4 nitrogen and oxygen atoms in total. The van der Waals surface area contributed by atoms with E-state index in [0.717, 1.165) is 8.04 Å². The molecule has 82 valence electrons. The zero-order valence-corrected chi connectivity index (χ0v) is 11.4. The van der Waals surface area contributed by atoms with Crippen LogP contribution in [-0.4, -0.2) is 24.2 Å². The van der Waals surface area contributed by atoms with E-state index in [1.54, 1.807) is 12.1 Å². The van der Waals surface area contributed by atoms with Gasteiger partial charge in [0.15, 0.2) is 0 Å². The molecule has 0 radical (unpaired) electrons. The Labute approximate surface area is 109 Å². The Morgan fingerprint density at radius 2 is 2.33 bits per heavy atom. The lowest BCUT2D eigenvalue weighted by Gasteiger charge is -2.05. The van der Waals surface area contributed by atoms with Gasteiger partial charge >= 0.3 is 0 Å². The zero-order valence-electron chi connectivity index (χ0n) is 7.67. The Hall–Kier alpha value is -0.180. The van der Waals surface area contributed by atoms with Gasteiger partial charge in [0, 0.05) is 13.6 Å². The van der Waals surface area contributed by atoms with E-state index in [9.17, 15) is 4.79 Å². The lowest BCUT2D eigenvalue weighted by molar-refractivity contribution is 0.0168. The van der Waals surface area contributed by atoms with Crippen LogP contribution in [0.1, 0.15) is 10.4 Å². The monoisotopic (exact) mass is 385 g/mol. The number of carbonyl (C=O) groups is 1. The largest absolute Gasteiger partial charge is 0.394 e. The Morgan fingerprint density at radius 1 is 1.60 bits per heavy atom. The van der Waals surface area contributed by atoms with Crippen molar-refractivity contribution in [2.24, 2.45) is 0 Å². The number of benzene rings is 1. The third-order valence-electron chi connectivity index (χ3n) is 1.54. The third-order valence-corrected chi connectivity index (χ3v) is 3.88. The highest BCUT2D eigenvalue weighted by molar-refractivity contribution is 14.1. The van der Waals surface area contributed by atoms with E-state index in [-0.39, 0.29) is 19.1 Å². The molecule has 0 fully saturated rings. The second kappa shape index (κ2) is 6.41. The molecule has 6 heteroatoms. The van der Waals surface area contributed by atoms with Crippen LogP contribution in [0.3, 0.4) is 0 Å². The van der Waals surface area contributed by atoms with Crippen molar-refractivity contribution in [1.82, 2.24) is 5.48 Å². The number of carbonyl (C=O) groups excluding carboxylic acids is 1. The minimum Gasteiger partial charge on any atom is -0.394 e. The highest BCUT2D eigenvalue weighted by atomic mass is 127. The summed E-state index contributed by atoms with van der Waals surface area (Å²) in [7, 11) is 0. The van der Waals surface area contributed by atoms with Crippen LogP contribution in [0.15, 0.2) is 22.7 Å². The maximum Gasteiger partial charge on any atom is 0.274 e. The van der Waals surface area contributed by atoms with Gasteiger partial charge in [-0.05, 0) is 56.7 Å². The van der Waals surface area contributed by atoms with Crippen LogP contribution < -0.4 is 5.48 Å². The summed E-state index contributed by atoms with van der Waals surface area (Å²) in [5.74, 6) is -0.333. The molecule has 0 saturated carbocycles. The SMILES string of the molecule is O=C(NOCCO)c1ccc(I)c(Br)c1. The summed E-state index contributed by atoms with van der Waals surface area (Å²) in [5, 5.41) is 8.45. The van der Waals surface area contributed by atoms with E-state index in [1.165, 1.54) is 0 Å². The zero-order chi connectivity index (χ0) is 11.3. The van der Waals surface area contributed by atoms with E-state index < -0.39 is 0 Å². The van der Waals surface area contributed by atoms with Gasteiger partial charge in [-0.2, -0.15) is 0 Å². The molecule has 1 aromatic rings. The van der Waals surface area contributed by atoms with E-state index in [0.29, 0.717) is 5.56 Å². The van der Waals surface area contributed by atoms with Gasteiger partial charge in [0.2, 0.25) is 0 Å². The molecule has 2 N–H and O–H groups in total. The normalized spacial score (nSPS) is 10.1. The highest BCUT2D eigenvalue weighted by Crippen LogP contribution is 2.20. The first-order valence-electron chi connectivity index (χ1n) is 4.13. The van der Waals surface area contributed by atoms with Gasteiger partial charge in [-0.15, -0.1) is 0 Å². The van der Waals surface area contributed by atoms with E-state index in [1.807, 2.05) is 6.07 Å². The number of aliphatic hydroxyl groups excluding tert-OH is 1. The molecular formula is C9H9BrINO3. The summed E-state index contributed by atoms with van der Waals surface area (Å²) in [6, 6.07) is 5.23. The molecule has 0 aliphatic heterocycles. The fourth-order valence-electron chi connectivity index (χ4n) is 0.859. The number of hydrogen-bond acceptors (Lipinski definition) is 3. The van der Waals surface area contributed by atoms with Gasteiger partial charge in [0.05, 0.1) is 13.2 Å². The van der Waals surface area contributed by atoms with Gasteiger partial charge in [0.25, 0.3) is 5.91 Å². The summed E-state index contributed by atoms with van der Waals surface area (Å²) in [6.45, 7) is -0.0477. The molecular weight excluding hydrogens is 377 g/mol. The molecule has 0 saturated heterocycles. The van der Waals surface area contributed by atoms with Gasteiger partial charge < -0.3 is 5.11 Å². The van der Waals surface area contributed by atoms with Crippen LogP contribution in [0.25, 0.3) is 0 Å². The van der Waals surface area contributed by atoms with Crippen LogP contribution in [0.4, 0.5) is 0 Å². The van der Waals surface area contributed by atoms with Crippen LogP contribution in [-0.2, 0) is 4.84 Å². The van der Waals surface area contributed by atoms with Gasteiger partial charge in [-0.1, -0.05) is 0 Å². The second-order valence-electron chi connectivity index (χ2n) is 2.63. The van der Waals surface area contributed by atoms with E-state index >= 15 is 0 Å². The molecule has 15 heavy (non-hydrogen) atoms. The van der Waals surface area contributed by atoms with Crippen molar-refractivity contribution in [1.29, 1.82) is 0 Å². The average molecular weight is 386 g/mol. The predicted molar refractivity (Wildman–Crippen MR) is 67.4 cm³/mol. The molecule has 0 atom stereocenters. The molecule has 0 bridgehead atoms. The first-order valence-corrected chi connectivity index (χ1v) is 6.00. The first kappa shape index (κ1) is 12.9. The van der Waals surface area contributed by atoms with Gasteiger partial charge in [0.1, 0.15) is 0 Å². The molecule has 1 aromatic carbocycles. The summed E-state index contributed by atoms with van der Waals surface area (Å²) < 4.78 is 1.89. The number of hydrogen-bond donors (Lipinski definition) is 2. The average Bonchev–Trinajstić information content (AvgIpc) is 2.22. The van der Waals surface area contributed by atoms with E-state index in [4.69, 9.17) is 9.94 Å². The van der Waals surface area contributed by atoms with E-state index in [2.05, 4.69) is 44.0 Å². The molecule has 0 aromatic heterocycles. The number of halogens is 2. The maximum atomic E-state index is 11.4. The smallest absolute Gasteiger partial charge is 0.274 e. The molecule has 0 aliphatic carbocycles.